The maximum Gasteiger partial charge on any atom is 0.435 e. The van der Waals surface area contributed by atoms with E-state index < -0.39 is 41.1 Å². The number of aryl methyl sites for hydroxylation is 1. The summed E-state index contributed by atoms with van der Waals surface area (Å²) in [4.78, 5) is 42.8. The lowest BCUT2D eigenvalue weighted by atomic mass is 10.0. The Morgan fingerprint density at radius 2 is 1.71 bits per heavy atom. The van der Waals surface area contributed by atoms with E-state index in [2.05, 4.69) is 35.7 Å². The number of amides is 2. The van der Waals surface area contributed by atoms with Crippen molar-refractivity contribution in [1.82, 2.24) is 44.8 Å². The SMILES string of the molecule is Cc1ncc(-c2cc(C(F)(F)F)nn2CC(C)(C)NC(=O)[C@@H](Cc2cnc3ncccn23)NC(=O)OC(C)(C)C)cn1. The van der Waals surface area contributed by atoms with E-state index in [9.17, 15) is 22.8 Å². The van der Waals surface area contributed by atoms with Crippen LogP contribution in [0.4, 0.5) is 18.0 Å². The predicted molar refractivity (Wildman–Crippen MR) is 145 cm³/mol. The molecule has 4 aromatic rings. The molecule has 0 radical (unpaired) electrons. The van der Waals surface area contributed by atoms with Crippen LogP contribution < -0.4 is 10.6 Å². The van der Waals surface area contributed by atoms with Gasteiger partial charge in [0.05, 0.1) is 24.0 Å². The van der Waals surface area contributed by atoms with E-state index >= 15 is 0 Å². The zero-order valence-electron chi connectivity index (χ0n) is 24.0. The number of alkyl carbamates (subject to hydrolysis) is 1. The molecule has 4 rings (SSSR count). The van der Waals surface area contributed by atoms with Gasteiger partial charge in [-0.15, -0.1) is 0 Å². The number of carbonyl (C=O) groups excluding carboxylic acids is 2. The molecule has 0 aliphatic carbocycles. The maximum absolute atomic E-state index is 13.6. The van der Waals surface area contributed by atoms with Crippen LogP contribution in [0.5, 0.6) is 0 Å². The minimum Gasteiger partial charge on any atom is -0.444 e. The molecule has 0 bridgehead atoms. The summed E-state index contributed by atoms with van der Waals surface area (Å²) in [7, 11) is 0. The van der Waals surface area contributed by atoms with Crippen molar-refractivity contribution >= 4 is 17.8 Å². The van der Waals surface area contributed by atoms with E-state index in [1.165, 1.54) is 12.4 Å². The highest BCUT2D eigenvalue weighted by molar-refractivity contribution is 5.86. The highest BCUT2D eigenvalue weighted by atomic mass is 19.4. The number of aromatic nitrogens is 7. The van der Waals surface area contributed by atoms with Crippen molar-refractivity contribution in [3.05, 3.63) is 60.3 Å². The Balaban J connectivity index is 1.60. The Morgan fingerprint density at radius 3 is 2.36 bits per heavy atom. The van der Waals surface area contributed by atoms with Gasteiger partial charge in [-0.1, -0.05) is 0 Å². The number of nitrogens with zero attached hydrogens (tertiary/aromatic N) is 7. The van der Waals surface area contributed by atoms with Crippen LogP contribution in [0.25, 0.3) is 17.0 Å². The first-order valence-electron chi connectivity index (χ1n) is 13.0. The monoisotopic (exact) mass is 587 g/mol. The normalized spacial score (nSPS) is 13.2. The largest absolute Gasteiger partial charge is 0.444 e. The zero-order chi connectivity index (χ0) is 30.9. The van der Waals surface area contributed by atoms with Crippen LogP contribution in [0.15, 0.2) is 43.1 Å². The van der Waals surface area contributed by atoms with E-state index in [1.54, 1.807) is 70.6 Å². The number of rotatable bonds is 8. The molecule has 4 aromatic heterocycles. The van der Waals surface area contributed by atoms with Crippen LogP contribution in [0.2, 0.25) is 0 Å². The van der Waals surface area contributed by atoms with Crippen LogP contribution in [-0.2, 0) is 28.7 Å². The quantitative estimate of drug-likeness (QED) is 0.318. The summed E-state index contributed by atoms with van der Waals surface area (Å²) in [5, 5.41) is 9.23. The molecule has 1 atom stereocenters. The summed E-state index contributed by atoms with van der Waals surface area (Å²) in [5.74, 6) is 0.280. The van der Waals surface area contributed by atoms with Gasteiger partial charge in [-0.3, -0.25) is 13.9 Å². The number of imidazole rings is 1. The van der Waals surface area contributed by atoms with Gasteiger partial charge < -0.3 is 15.4 Å². The second-order valence-electron chi connectivity index (χ2n) is 11.4. The van der Waals surface area contributed by atoms with Crippen molar-refractivity contribution < 1.29 is 27.5 Å². The molecular formula is C27H32F3N9O3. The molecule has 0 fully saturated rings. The number of alkyl halides is 3. The summed E-state index contributed by atoms with van der Waals surface area (Å²) >= 11 is 0. The molecule has 0 unspecified atom stereocenters. The standard InChI is InChI=1S/C27H32F3N9O3/c1-16-32-12-17(13-33-16)20-11-21(27(28,29)30)37-39(20)15-26(5,6)36-22(40)19(35-24(41)42-25(2,3)4)10-18-14-34-23-31-8-7-9-38(18)23/h7-9,11-14,19H,10,15H2,1-6H3,(H,35,41)(H,36,40)/t19-/m1/s1. The molecule has 0 saturated heterocycles. The van der Waals surface area contributed by atoms with Gasteiger partial charge in [0.25, 0.3) is 0 Å². The molecule has 224 valence electrons. The molecular weight excluding hydrogens is 555 g/mol. The summed E-state index contributed by atoms with van der Waals surface area (Å²) in [6, 6.07) is 1.50. The van der Waals surface area contributed by atoms with Crippen LogP contribution >= 0.6 is 0 Å². The third-order valence-corrected chi connectivity index (χ3v) is 5.94. The molecule has 0 spiro atoms. The van der Waals surface area contributed by atoms with Crippen molar-refractivity contribution in [2.45, 2.75) is 77.9 Å². The lowest BCUT2D eigenvalue weighted by molar-refractivity contribution is -0.141. The number of hydrogen-bond donors (Lipinski definition) is 2. The number of carbonyl (C=O) groups is 2. The molecule has 0 aliphatic rings. The van der Waals surface area contributed by atoms with Crippen LogP contribution in [0, 0.1) is 6.92 Å². The van der Waals surface area contributed by atoms with E-state index in [0.29, 0.717) is 22.9 Å². The van der Waals surface area contributed by atoms with Gasteiger partial charge in [0, 0.05) is 42.5 Å². The second-order valence-corrected chi connectivity index (χ2v) is 11.4. The van der Waals surface area contributed by atoms with E-state index in [4.69, 9.17) is 4.74 Å². The summed E-state index contributed by atoms with van der Waals surface area (Å²) in [5.41, 5.74) is -1.98. The van der Waals surface area contributed by atoms with Gasteiger partial charge in [-0.2, -0.15) is 18.3 Å². The van der Waals surface area contributed by atoms with E-state index in [-0.39, 0.29) is 18.7 Å². The predicted octanol–water partition coefficient (Wildman–Crippen LogP) is 3.74. The highest BCUT2D eigenvalue weighted by Crippen LogP contribution is 2.32. The molecule has 4 heterocycles. The average Bonchev–Trinajstić information content (AvgIpc) is 3.47. The third kappa shape index (κ3) is 7.59. The molecule has 2 amide bonds. The van der Waals surface area contributed by atoms with Crippen molar-refractivity contribution in [2.75, 3.05) is 0 Å². The van der Waals surface area contributed by atoms with Crippen LogP contribution in [0.1, 0.15) is 51.8 Å². The van der Waals surface area contributed by atoms with Crippen molar-refractivity contribution in [2.24, 2.45) is 0 Å². The van der Waals surface area contributed by atoms with Gasteiger partial charge in [-0.05, 0) is 53.7 Å². The minimum absolute atomic E-state index is 0.0277. The Labute approximate surface area is 239 Å². The summed E-state index contributed by atoms with van der Waals surface area (Å²) in [6.07, 6.45) is 2.20. The summed E-state index contributed by atoms with van der Waals surface area (Å²) in [6.45, 7) is 9.86. The summed E-state index contributed by atoms with van der Waals surface area (Å²) < 4.78 is 49.0. The fourth-order valence-electron chi connectivity index (χ4n) is 4.16. The Bertz CT molecular complexity index is 1570. The number of ether oxygens (including phenoxy) is 1. The lowest BCUT2D eigenvalue weighted by Crippen LogP contribution is -2.56. The van der Waals surface area contributed by atoms with Gasteiger partial charge in [0.2, 0.25) is 11.7 Å². The molecule has 0 aromatic carbocycles. The molecule has 0 aliphatic heterocycles. The smallest absolute Gasteiger partial charge is 0.435 e. The molecule has 42 heavy (non-hydrogen) atoms. The lowest BCUT2D eigenvalue weighted by Gasteiger charge is -2.30. The first-order valence-corrected chi connectivity index (χ1v) is 13.0. The van der Waals surface area contributed by atoms with Crippen molar-refractivity contribution in [3.8, 4) is 11.3 Å². The van der Waals surface area contributed by atoms with Crippen LogP contribution in [-0.4, -0.2) is 63.3 Å². The molecule has 12 nitrogen and oxygen atoms in total. The fourth-order valence-corrected chi connectivity index (χ4v) is 4.16. The Kier molecular flexibility index (Phi) is 8.23. The van der Waals surface area contributed by atoms with Gasteiger partial charge >= 0.3 is 12.3 Å². The van der Waals surface area contributed by atoms with Crippen molar-refractivity contribution in [1.29, 1.82) is 0 Å². The van der Waals surface area contributed by atoms with E-state index in [1.807, 2.05) is 0 Å². The number of fused-ring (bicyclic) bond motifs is 1. The third-order valence-electron chi connectivity index (χ3n) is 5.94. The molecule has 15 heteroatoms. The number of nitrogens with one attached hydrogen (secondary N) is 2. The topological polar surface area (TPSA) is 141 Å². The van der Waals surface area contributed by atoms with Gasteiger partial charge in [0.15, 0.2) is 5.69 Å². The first-order chi connectivity index (χ1) is 19.5. The Morgan fingerprint density at radius 1 is 1.02 bits per heavy atom. The van der Waals surface area contributed by atoms with Crippen LogP contribution in [0.3, 0.4) is 0 Å². The highest BCUT2D eigenvalue weighted by Gasteiger charge is 2.37. The molecule has 2 N–H and O–H groups in total. The average molecular weight is 588 g/mol. The number of hydrogen-bond acceptors (Lipinski definition) is 8. The second kappa shape index (κ2) is 11.4. The van der Waals surface area contributed by atoms with Gasteiger partial charge in [0.1, 0.15) is 17.5 Å². The zero-order valence-corrected chi connectivity index (χ0v) is 24.0. The Hall–Kier alpha value is -4.56. The maximum atomic E-state index is 13.6. The van der Waals surface area contributed by atoms with E-state index in [0.717, 1.165) is 10.7 Å². The first kappa shape index (κ1) is 30.4. The fraction of sp³-hybridized carbons (Fsp3) is 0.444. The van der Waals surface area contributed by atoms with Gasteiger partial charge in [-0.25, -0.2) is 24.7 Å². The molecule has 0 saturated carbocycles. The minimum atomic E-state index is -4.69. The number of halogens is 3. The van der Waals surface area contributed by atoms with Crippen molar-refractivity contribution in [3.63, 3.8) is 0 Å².